The van der Waals surface area contributed by atoms with Gasteiger partial charge in [0.1, 0.15) is 0 Å². The van der Waals surface area contributed by atoms with Gasteiger partial charge in [0.05, 0.1) is 24.1 Å². The average Bonchev–Trinajstić information content (AvgIpc) is 3.09. The van der Waals surface area contributed by atoms with Gasteiger partial charge in [-0.3, -0.25) is 4.79 Å². The van der Waals surface area contributed by atoms with Crippen molar-refractivity contribution >= 4 is 46.7 Å². The summed E-state index contributed by atoms with van der Waals surface area (Å²) in [5.41, 5.74) is 2.92. The van der Waals surface area contributed by atoms with Crippen LogP contribution in [0, 0.1) is 13.8 Å². The minimum Gasteiger partial charge on any atom is -0.465 e. The highest BCUT2D eigenvalue weighted by Crippen LogP contribution is 2.22. The van der Waals surface area contributed by atoms with Gasteiger partial charge >= 0.3 is 5.97 Å². The molecule has 2 heterocycles. The maximum Gasteiger partial charge on any atom is 0.339 e. The molecule has 1 aromatic carbocycles. The van der Waals surface area contributed by atoms with Crippen molar-refractivity contribution < 1.29 is 14.3 Å². The number of thioether (sulfide) groups is 1. The van der Waals surface area contributed by atoms with Gasteiger partial charge in [0.15, 0.2) is 0 Å². The second-order valence-electron chi connectivity index (χ2n) is 5.98. The Bertz CT molecular complexity index is 1080. The van der Waals surface area contributed by atoms with Crippen molar-refractivity contribution in [2.24, 2.45) is 0 Å². The predicted molar refractivity (Wildman–Crippen MR) is 107 cm³/mol. The number of carbonyl (C=O) groups excluding carboxylic acids is 2. The molecule has 0 radical (unpaired) electrons. The van der Waals surface area contributed by atoms with Crippen LogP contribution in [0.2, 0.25) is 5.02 Å². The summed E-state index contributed by atoms with van der Waals surface area (Å²) in [6.07, 6.45) is 1.99. The van der Waals surface area contributed by atoms with Gasteiger partial charge in [0, 0.05) is 22.6 Å². The fourth-order valence-electron chi connectivity index (χ4n) is 2.77. The highest BCUT2D eigenvalue weighted by atomic mass is 35.5. The highest BCUT2D eigenvalue weighted by Gasteiger charge is 2.17. The number of methoxy groups -OCH3 is 1. The predicted octanol–water partition coefficient (Wildman–Crippen LogP) is 3.08. The van der Waals surface area contributed by atoms with Gasteiger partial charge in [0.2, 0.25) is 11.1 Å². The van der Waals surface area contributed by atoms with Crippen LogP contribution in [-0.2, 0) is 16.0 Å². The third-order valence-corrected chi connectivity index (χ3v) is 5.07. The van der Waals surface area contributed by atoms with Crippen molar-refractivity contribution in [3.8, 4) is 0 Å². The summed E-state index contributed by atoms with van der Waals surface area (Å²) in [6.45, 7) is 3.71. The first-order chi connectivity index (χ1) is 13.3. The number of nitrogens with zero attached hydrogens (tertiary/aromatic N) is 4. The maximum atomic E-state index is 12.6. The molecule has 0 fully saturated rings. The molecule has 146 valence electrons. The molecule has 0 aliphatic heterocycles. The van der Waals surface area contributed by atoms with E-state index in [1.807, 2.05) is 20.1 Å². The molecular weight excluding hydrogens is 402 g/mol. The van der Waals surface area contributed by atoms with Gasteiger partial charge in [-0.15, -0.1) is 5.10 Å². The number of nitrogens with one attached hydrogen (secondary N) is 1. The quantitative estimate of drug-likeness (QED) is 0.501. The number of anilines is 1. The molecule has 0 saturated carbocycles. The molecule has 10 heteroatoms. The first-order valence-electron chi connectivity index (χ1n) is 8.28. The molecule has 0 aliphatic rings. The molecule has 2 aromatic heterocycles. The van der Waals surface area contributed by atoms with Crippen LogP contribution in [0.15, 0.2) is 23.4 Å². The van der Waals surface area contributed by atoms with Gasteiger partial charge in [-0.05, 0) is 38.3 Å². The van der Waals surface area contributed by atoms with Crippen molar-refractivity contribution in [1.29, 1.82) is 0 Å². The molecule has 0 atom stereocenters. The summed E-state index contributed by atoms with van der Waals surface area (Å²) < 4.78 is 6.33. The SMILES string of the molecule is COC(=O)c1cc(NC(=O)Cc2c(C)nc3nc(SC)nn3c2C)ccc1Cl. The number of hydrogen-bond acceptors (Lipinski definition) is 7. The first-order valence-corrected chi connectivity index (χ1v) is 9.89. The smallest absolute Gasteiger partial charge is 0.339 e. The number of rotatable bonds is 5. The Morgan fingerprint density at radius 3 is 2.71 bits per heavy atom. The van der Waals surface area contributed by atoms with Crippen LogP contribution in [0.4, 0.5) is 5.69 Å². The van der Waals surface area contributed by atoms with Crippen LogP contribution in [0.5, 0.6) is 0 Å². The lowest BCUT2D eigenvalue weighted by atomic mass is 10.1. The summed E-state index contributed by atoms with van der Waals surface area (Å²) >= 11 is 7.43. The molecule has 0 bridgehead atoms. The van der Waals surface area contributed by atoms with E-state index in [0.29, 0.717) is 22.3 Å². The topological polar surface area (TPSA) is 98.5 Å². The normalized spacial score (nSPS) is 10.9. The van der Waals surface area contributed by atoms with Gasteiger partial charge in [0.25, 0.3) is 5.78 Å². The van der Waals surface area contributed by atoms with E-state index in [0.717, 1.165) is 11.3 Å². The Labute approximate surface area is 170 Å². The van der Waals surface area contributed by atoms with Gasteiger partial charge in [-0.25, -0.2) is 14.3 Å². The minimum atomic E-state index is -0.571. The van der Waals surface area contributed by atoms with Gasteiger partial charge < -0.3 is 10.1 Å². The molecule has 3 aromatic rings. The van der Waals surface area contributed by atoms with Crippen LogP contribution >= 0.6 is 23.4 Å². The van der Waals surface area contributed by atoms with E-state index in [1.165, 1.54) is 31.0 Å². The number of esters is 1. The Hall–Kier alpha value is -2.65. The number of carbonyl (C=O) groups is 2. The molecule has 0 saturated heterocycles. The van der Waals surface area contributed by atoms with E-state index in [2.05, 4.69) is 20.4 Å². The zero-order valence-electron chi connectivity index (χ0n) is 15.7. The molecule has 1 N–H and O–H groups in total. The number of halogens is 1. The van der Waals surface area contributed by atoms with E-state index in [1.54, 1.807) is 10.6 Å². The highest BCUT2D eigenvalue weighted by molar-refractivity contribution is 7.98. The van der Waals surface area contributed by atoms with Crippen molar-refractivity contribution in [2.75, 3.05) is 18.7 Å². The molecule has 0 unspecified atom stereocenters. The number of fused-ring (bicyclic) bond motifs is 1. The monoisotopic (exact) mass is 419 g/mol. The number of aromatic nitrogens is 4. The summed E-state index contributed by atoms with van der Waals surface area (Å²) in [4.78, 5) is 33.1. The van der Waals surface area contributed by atoms with E-state index in [9.17, 15) is 9.59 Å². The number of aryl methyl sites for hydroxylation is 2. The molecule has 8 nitrogen and oxygen atoms in total. The van der Waals surface area contributed by atoms with Crippen molar-refractivity contribution in [1.82, 2.24) is 19.6 Å². The molecule has 1 amide bonds. The zero-order chi connectivity index (χ0) is 20.4. The van der Waals surface area contributed by atoms with Gasteiger partial charge in [-0.1, -0.05) is 23.4 Å². The number of ether oxygens (including phenoxy) is 1. The lowest BCUT2D eigenvalue weighted by Gasteiger charge is -2.11. The van der Waals surface area contributed by atoms with Crippen molar-refractivity contribution in [3.05, 3.63) is 45.7 Å². The second kappa shape index (κ2) is 8.15. The van der Waals surface area contributed by atoms with Crippen LogP contribution in [0.1, 0.15) is 27.3 Å². The first kappa shape index (κ1) is 20.1. The summed E-state index contributed by atoms with van der Waals surface area (Å²) in [5, 5.41) is 8.03. The largest absolute Gasteiger partial charge is 0.465 e. The number of amides is 1. The third-order valence-electron chi connectivity index (χ3n) is 4.20. The molecule has 0 aliphatic carbocycles. The van der Waals surface area contributed by atoms with Crippen molar-refractivity contribution in [2.45, 2.75) is 25.4 Å². The Balaban J connectivity index is 1.85. The minimum absolute atomic E-state index is 0.102. The average molecular weight is 420 g/mol. The van der Waals surface area contributed by atoms with E-state index in [-0.39, 0.29) is 22.9 Å². The zero-order valence-corrected chi connectivity index (χ0v) is 17.3. The van der Waals surface area contributed by atoms with E-state index < -0.39 is 5.97 Å². The summed E-state index contributed by atoms with van der Waals surface area (Å²) in [6, 6.07) is 4.64. The fourth-order valence-corrected chi connectivity index (χ4v) is 3.30. The van der Waals surface area contributed by atoms with Gasteiger partial charge in [-0.2, -0.15) is 4.98 Å². The fraction of sp³-hybridized carbons (Fsp3) is 0.278. The summed E-state index contributed by atoms with van der Waals surface area (Å²) in [5.74, 6) is -0.321. The van der Waals surface area contributed by atoms with Crippen LogP contribution in [0.25, 0.3) is 5.78 Å². The standard InChI is InChI=1S/C18H18ClN5O3S/c1-9-12(10(2)24-17(20-9)22-18(23-24)28-4)8-15(25)21-11-5-6-14(19)13(7-11)16(26)27-3/h5-7H,8H2,1-4H3,(H,21,25). The Kier molecular flexibility index (Phi) is 5.85. The number of hydrogen-bond donors (Lipinski definition) is 1. The lowest BCUT2D eigenvalue weighted by Crippen LogP contribution is -2.18. The Morgan fingerprint density at radius 2 is 2.04 bits per heavy atom. The number of benzene rings is 1. The Morgan fingerprint density at radius 1 is 1.29 bits per heavy atom. The maximum absolute atomic E-state index is 12.6. The third kappa shape index (κ3) is 3.95. The van der Waals surface area contributed by atoms with E-state index in [4.69, 9.17) is 16.3 Å². The molecular formula is C18H18ClN5O3S. The molecule has 28 heavy (non-hydrogen) atoms. The van der Waals surface area contributed by atoms with Crippen LogP contribution in [-0.4, -0.2) is 44.8 Å². The van der Waals surface area contributed by atoms with Crippen LogP contribution in [0.3, 0.4) is 0 Å². The van der Waals surface area contributed by atoms with Crippen molar-refractivity contribution in [3.63, 3.8) is 0 Å². The lowest BCUT2D eigenvalue weighted by molar-refractivity contribution is -0.115. The second-order valence-corrected chi connectivity index (χ2v) is 7.16. The molecule has 0 spiro atoms. The summed E-state index contributed by atoms with van der Waals surface area (Å²) in [7, 11) is 1.27. The van der Waals surface area contributed by atoms with E-state index >= 15 is 0 Å². The molecule has 3 rings (SSSR count). The van der Waals surface area contributed by atoms with Crippen LogP contribution < -0.4 is 5.32 Å².